The predicted octanol–water partition coefficient (Wildman–Crippen LogP) is 8.77. The Morgan fingerprint density at radius 1 is 0.750 bits per heavy atom. The third-order valence-electron chi connectivity index (χ3n) is 8.60. The smallest absolute Gasteiger partial charge is 0.193 e. The minimum atomic E-state index is -2.10. The molecule has 0 aromatic heterocycles. The molecule has 0 radical (unpaired) electrons. The zero-order valence-electron chi connectivity index (χ0n) is 26.6. The Bertz CT molecular complexity index is 719. The Balaban J connectivity index is 5.89. The van der Waals surface area contributed by atoms with Crippen LogP contribution in [0.2, 0.25) is 54.4 Å². The summed E-state index contributed by atoms with van der Waals surface area (Å²) in [5, 5.41) is 0.319. The SMILES string of the molecule is C#CC[C@@H](O[Si](C)(C)C(C)(C)C)[C@@H](OCCCO[Si](C)(C)C(C)(C)C)[C@@H](C=C)O[Si](C)(C)C(C)(C)C. The molecule has 0 aromatic carbocycles. The first-order chi connectivity index (χ1) is 15.9. The van der Waals surface area contributed by atoms with Gasteiger partial charge in [0.05, 0.1) is 12.2 Å². The number of hydrogen-bond donors (Lipinski definition) is 0. The number of hydrogen-bond acceptors (Lipinski definition) is 4. The molecule has 0 aliphatic carbocycles. The van der Waals surface area contributed by atoms with Gasteiger partial charge in [0.2, 0.25) is 0 Å². The Kier molecular flexibility index (Phi) is 13.2. The van der Waals surface area contributed by atoms with Gasteiger partial charge in [0.25, 0.3) is 0 Å². The highest BCUT2D eigenvalue weighted by molar-refractivity contribution is 6.75. The Hall–Kier alpha value is -0.209. The summed E-state index contributed by atoms with van der Waals surface area (Å²) in [5.41, 5.74) is 0. The monoisotopic (exact) mass is 556 g/mol. The Labute approximate surface area is 228 Å². The molecule has 0 saturated carbocycles. The molecule has 0 unspecified atom stereocenters. The number of ether oxygens (including phenoxy) is 1. The van der Waals surface area contributed by atoms with Crippen LogP contribution in [0.5, 0.6) is 0 Å². The van der Waals surface area contributed by atoms with E-state index in [0.29, 0.717) is 19.6 Å². The summed E-state index contributed by atoms with van der Waals surface area (Å²) in [5.74, 6) is 2.85. The molecule has 36 heavy (non-hydrogen) atoms. The highest BCUT2D eigenvalue weighted by Gasteiger charge is 2.45. The van der Waals surface area contributed by atoms with Crippen molar-refractivity contribution in [2.45, 2.75) is 148 Å². The van der Waals surface area contributed by atoms with E-state index in [9.17, 15) is 0 Å². The summed E-state index contributed by atoms with van der Waals surface area (Å²) in [7, 11) is -5.97. The summed E-state index contributed by atoms with van der Waals surface area (Å²) in [6, 6.07) is 0. The fourth-order valence-electron chi connectivity index (χ4n) is 2.90. The van der Waals surface area contributed by atoms with Gasteiger partial charge in [0.1, 0.15) is 6.10 Å². The van der Waals surface area contributed by atoms with Crippen LogP contribution in [0.3, 0.4) is 0 Å². The molecule has 0 amide bonds. The second kappa shape index (κ2) is 13.2. The molecule has 7 heteroatoms. The molecule has 0 aromatic rings. The van der Waals surface area contributed by atoms with E-state index in [4.69, 9.17) is 24.4 Å². The molecule has 212 valence electrons. The van der Waals surface area contributed by atoms with Gasteiger partial charge in [-0.3, -0.25) is 0 Å². The van der Waals surface area contributed by atoms with Gasteiger partial charge in [-0.15, -0.1) is 18.9 Å². The summed E-state index contributed by atoms with van der Waals surface area (Å²) in [4.78, 5) is 0. The molecular formula is C29H60O4Si3. The lowest BCUT2D eigenvalue weighted by molar-refractivity contribution is -0.0769. The van der Waals surface area contributed by atoms with Crippen molar-refractivity contribution < 1.29 is 18.0 Å². The molecule has 0 saturated heterocycles. The number of rotatable bonds is 14. The summed E-state index contributed by atoms with van der Waals surface area (Å²) >= 11 is 0. The van der Waals surface area contributed by atoms with Gasteiger partial charge in [-0.1, -0.05) is 68.4 Å². The second-order valence-corrected chi connectivity index (χ2v) is 29.0. The first-order valence-corrected chi connectivity index (χ1v) is 22.3. The summed E-state index contributed by atoms with van der Waals surface area (Å²) in [6.07, 6.45) is 8.15. The van der Waals surface area contributed by atoms with Crippen LogP contribution in [0.4, 0.5) is 0 Å². The maximum Gasteiger partial charge on any atom is 0.193 e. The van der Waals surface area contributed by atoms with E-state index >= 15 is 0 Å². The lowest BCUT2D eigenvalue weighted by Gasteiger charge is -2.45. The zero-order valence-corrected chi connectivity index (χ0v) is 29.6. The van der Waals surface area contributed by atoms with Crippen molar-refractivity contribution in [1.29, 1.82) is 0 Å². The molecule has 0 N–H and O–H groups in total. The van der Waals surface area contributed by atoms with Crippen LogP contribution in [-0.2, 0) is 18.0 Å². The highest BCUT2D eigenvalue weighted by Crippen LogP contribution is 2.41. The molecule has 0 fully saturated rings. The molecule has 0 aliphatic heterocycles. The van der Waals surface area contributed by atoms with Crippen LogP contribution < -0.4 is 0 Å². The topological polar surface area (TPSA) is 36.9 Å². The van der Waals surface area contributed by atoms with E-state index in [1.165, 1.54) is 0 Å². The van der Waals surface area contributed by atoms with Gasteiger partial charge in [0, 0.05) is 19.6 Å². The van der Waals surface area contributed by atoms with Crippen LogP contribution in [0.1, 0.15) is 75.2 Å². The zero-order chi connectivity index (χ0) is 28.8. The van der Waals surface area contributed by atoms with Crippen molar-refractivity contribution in [2.24, 2.45) is 0 Å². The first kappa shape index (κ1) is 35.8. The van der Waals surface area contributed by atoms with Crippen LogP contribution in [0, 0.1) is 12.3 Å². The minimum absolute atomic E-state index is 0.0609. The van der Waals surface area contributed by atoms with Gasteiger partial charge in [-0.2, -0.15) is 0 Å². The summed E-state index contributed by atoms with van der Waals surface area (Å²) < 4.78 is 26.7. The standard InChI is InChI=1S/C29H60O4Si3/c1-18-21-25(33-36(16,17)29(9,10)11)26(24(19-2)32-35(14,15)28(6,7)8)30-22-20-23-31-34(12,13)27(3,4)5/h1,19,24-26H,2,20-23H2,3-17H3/t24-,25-,26+/m1/s1. The molecule has 4 nitrogen and oxygen atoms in total. The van der Waals surface area contributed by atoms with Crippen LogP contribution in [0.15, 0.2) is 12.7 Å². The van der Waals surface area contributed by atoms with Gasteiger partial charge < -0.3 is 18.0 Å². The van der Waals surface area contributed by atoms with Crippen molar-refractivity contribution in [1.82, 2.24) is 0 Å². The van der Waals surface area contributed by atoms with Crippen LogP contribution in [0.25, 0.3) is 0 Å². The van der Waals surface area contributed by atoms with Gasteiger partial charge in [-0.25, -0.2) is 0 Å². The normalized spacial score (nSPS) is 16.8. The maximum atomic E-state index is 6.88. The van der Waals surface area contributed by atoms with E-state index < -0.39 is 25.0 Å². The van der Waals surface area contributed by atoms with Crippen LogP contribution in [-0.4, -0.2) is 56.5 Å². The highest BCUT2D eigenvalue weighted by atomic mass is 28.4. The van der Waals surface area contributed by atoms with Gasteiger partial charge >= 0.3 is 0 Å². The average Bonchev–Trinajstić information content (AvgIpc) is 2.66. The maximum absolute atomic E-state index is 6.88. The van der Waals surface area contributed by atoms with Crippen molar-refractivity contribution in [3.05, 3.63) is 12.7 Å². The molecule has 0 bridgehead atoms. The second-order valence-electron chi connectivity index (χ2n) is 14.7. The predicted molar refractivity (Wildman–Crippen MR) is 165 cm³/mol. The molecule has 0 rings (SSSR count). The van der Waals surface area contributed by atoms with Crippen molar-refractivity contribution in [3.8, 4) is 12.3 Å². The molecule has 0 heterocycles. The quantitative estimate of drug-likeness (QED) is 0.0927. The van der Waals surface area contributed by atoms with Crippen molar-refractivity contribution in [2.75, 3.05) is 13.2 Å². The number of terminal acetylenes is 1. The fourth-order valence-corrected chi connectivity index (χ4v) is 6.58. The van der Waals surface area contributed by atoms with Gasteiger partial charge in [0.15, 0.2) is 25.0 Å². The van der Waals surface area contributed by atoms with E-state index in [0.717, 1.165) is 6.42 Å². The van der Waals surface area contributed by atoms with Gasteiger partial charge in [-0.05, 0) is 60.8 Å². The third kappa shape index (κ3) is 10.5. The lowest BCUT2D eigenvalue weighted by atomic mass is 10.1. The minimum Gasteiger partial charge on any atom is -0.417 e. The molecule has 3 atom stereocenters. The average molecular weight is 557 g/mol. The molecular weight excluding hydrogens is 497 g/mol. The van der Waals surface area contributed by atoms with E-state index in [2.05, 4.69) is 114 Å². The molecule has 0 spiro atoms. The van der Waals surface area contributed by atoms with Crippen LogP contribution >= 0.6 is 0 Å². The fraction of sp³-hybridized carbons (Fsp3) is 0.862. The first-order valence-electron chi connectivity index (χ1n) is 13.6. The van der Waals surface area contributed by atoms with E-state index in [1.807, 2.05) is 6.08 Å². The Morgan fingerprint density at radius 2 is 1.19 bits per heavy atom. The van der Waals surface area contributed by atoms with Crippen molar-refractivity contribution in [3.63, 3.8) is 0 Å². The largest absolute Gasteiger partial charge is 0.417 e. The Morgan fingerprint density at radius 3 is 1.58 bits per heavy atom. The van der Waals surface area contributed by atoms with E-state index in [1.54, 1.807) is 0 Å². The van der Waals surface area contributed by atoms with E-state index in [-0.39, 0.29) is 33.4 Å². The summed E-state index contributed by atoms with van der Waals surface area (Å²) in [6.45, 7) is 39.3. The van der Waals surface area contributed by atoms with Crippen molar-refractivity contribution >= 4 is 25.0 Å². The molecule has 0 aliphatic rings. The third-order valence-corrected chi connectivity index (χ3v) is 22.1. The lowest BCUT2D eigenvalue weighted by Crippen LogP contribution is -2.53.